The van der Waals surface area contributed by atoms with E-state index in [-0.39, 0.29) is 37.2 Å². The van der Waals surface area contributed by atoms with Gasteiger partial charge in [0.1, 0.15) is 5.69 Å². The predicted molar refractivity (Wildman–Crippen MR) is 170 cm³/mol. The minimum absolute atomic E-state index is 0.00824. The van der Waals surface area contributed by atoms with Crippen LogP contribution in [-0.4, -0.2) is 54.0 Å². The van der Waals surface area contributed by atoms with Gasteiger partial charge in [0.05, 0.1) is 25.0 Å². The van der Waals surface area contributed by atoms with Crippen LogP contribution in [0.25, 0.3) is 0 Å². The van der Waals surface area contributed by atoms with Gasteiger partial charge in [-0.2, -0.15) is 9.37 Å². The first-order chi connectivity index (χ1) is 21.4. The first-order valence-electron chi connectivity index (χ1n) is 16.8. The van der Waals surface area contributed by atoms with Crippen LogP contribution in [0.4, 0.5) is 20.7 Å². The van der Waals surface area contributed by atoms with Gasteiger partial charge in [-0.25, -0.2) is 9.78 Å². The molecule has 0 radical (unpaired) electrons. The molecule has 10 heteroatoms. The third-order valence-corrected chi connectivity index (χ3v) is 8.83. The normalized spacial score (nSPS) is 22.7. The van der Waals surface area contributed by atoms with Gasteiger partial charge in [-0.05, 0) is 25.7 Å². The number of halogens is 1. The zero-order valence-corrected chi connectivity index (χ0v) is 26.9. The van der Waals surface area contributed by atoms with Gasteiger partial charge in [-0.15, -0.1) is 6.42 Å². The van der Waals surface area contributed by atoms with Crippen LogP contribution in [0.15, 0.2) is 4.99 Å². The Morgan fingerprint density at radius 3 is 2.32 bits per heavy atom. The number of carbonyl (C=O) groups is 1. The van der Waals surface area contributed by atoms with Crippen molar-refractivity contribution < 1.29 is 28.1 Å². The number of nitrogen functional groups attached to an aromatic ring is 1. The maximum atomic E-state index is 13.6. The lowest BCUT2D eigenvalue weighted by molar-refractivity contribution is -0.114. The molecule has 3 rings (SSSR count). The highest BCUT2D eigenvalue weighted by atomic mass is 19.1. The van der Waals surface area contributed by atoms with E-state index in [1.807, 2.05) is 6.92 Å². The third kappa shape index (κ3) is 11.6. The molecular weight excluding hydrogens is 563 g/mol. The van der Waals surface area contributed by atoms with Crippen LogP contribution in [0.3, 0.4) is 0 Å². The number of hydrogen-bond acceptors (Lipinski definition) is 9. The summed E-state index contributed by atoms with van der Waals surface area (Å²) in [6.07, 6.45) is 25.5. The van der Waals surface area contributed by atoms with Gasteiger partial charge in [-0.3, -0.25) is 4.99 Å². The minimum atomic E-state index is -0.968. The van der Waals surface area contributed by atoms with E-state index in [2.05, 4.69) is 27.8 Å². The molecule has 1 aromatic heterocycles. The molecule has 1 saturated heterocycles. The second kappa shape index (κ2) is 19.6. The Morgan fingerprint density at radius 1 is 1.05 bits per heavy atom. The van der Waals surface area contributed by atoms with Crippen molar-refractivity contribution in [2.45, 2.75) is 135 Å². The fourth-order valence-electron chi connectivity index (χ4n) is 6.04. The summed E-state index contributed by atoms with van der Waals surface area (Å²) in [5, 5.41) is 0. The Morgan fingerprint density at radius 2 is 1.68 bits per heavy atom. The van der Waals surface area contributed by atoms with Crippen LogP contribution in [0.1, 0.15) is 122 Å². The highest BCUT2D eigenvalue weighted by Gasteiger charge is 2.47. The van der Waals surface area contributed by atoms with Crippen LogP contribution < -0.4 is 5.73 Å². The van der Waals surface area contributed by atoms with Crippen LogP contribution in [0, 0.1) is 30.3 Å². The lowest BCUT2D eigenvalue weighted by Gasteiger charge is -2.28. The largest absolute Gasteiger partial charge is 0.510 e. The van der Waals surface area contributed by atoms with Crippen LogP contribution in [0.5, 0.6) is 0 Å². The Bertz CT molecular complexity index is 1080. The molecule has 2 N–H and O–H groups in total. The zero-order valence-electron chi connectivity index (χ0n) is 26.9. The van der Waals surface area contributed by atoms with E-state index in [4.69, 9.17) is 31.1 Å². The molecule has 3 heterocycles. The van der Waals surface area contributed by atoms with E-state index in [0.717, 1.165) is 19.3 Å². The van der Waals surface area contributed by atoms with Gasteiger partial charge in [0, 0.05) is 18.1 Å². The quantitative estimate of drug-likeness (QED) is 0.0517. The van der Waals surface area contributed by atoms with Crippen molar-refractivity contribution in [2.75, 3.05) is 25.7 Å². The Balaban J connectivity index is 1.23. The summed E-state index contributed by atoms with van der Waals surface area (Å²) >= 11 is 0. The maximum absolute atomic E-state index is 13.6. The standard InChI is InChI=1S/C34H53FN4O5/c1-4-6-7-8-9-10-11-12-13-14-15-16-17-18-21-42-33(40)43-25-41-24-34(5-2)26(3)22-29(44-34)27-19-20-28-30(37-23-27)31(36)39-32(35)38-28/h2,23,26-27,29H,4,6-22,24-25H2,1,3H3,(H2,36,38,39)/t26-,27?,29+,34+/m0/s1. The summed E-state index contributed by atoms with van der Waals surface area (Å²) in [4.78, 5) is 23.8. The summed E-state index contributed by atoms with van der Waals surface area (Å²) in [5.41, 5.74) is 5.77. The van der Waals surface area contributed by atoms with Crippen LogP contribution >= 0.6 is 0 Å². The Labute approximate surface area is 263 Å². The molecule has 1 unspecified atom stereocenters. The first-order valence-corrected chi connectivity index (χ1v) is 16.8. The lowest BCUT2D eigenvalue weighted by Crippen LogP contribution is -2.39. The van der Waals surface area contributed by atoms with E-state index in [1.54, 1.807) is 6.21 Å². The molecule has 0 aliphatic carbocycles. The second-order valence-electron chi connectivity index (χ2n) is 12.3. The smallest absolute Gasteiger partial charge is 0.434 e. The Kier molecular flexibility index (Phi) is 15.9. The van der Waals surface area contributed by atoms with Crippen molar-refractivity contribution in [2.24, 2.45) is 16.8 Å². The van der Waals surface area contributed by atoms with Crippen molar-refractivity contribution in [1.82, 2.24) is 9.97 Å². The third-order valence-electron chi connectivity index (χ3n) is 8.83. The predicted octanol–water partition coefficient (Wildman–Crippen LogP) is 7.87. The van der Waals surface area contributed by atoms with Crippen molar-refractivity contribution in [3.05, 3.63) is 11.8 Å². The van der Waals surface area contributed by atoms with E-state index in [0.29, 0.717) is 37.3 Å². The molecule has 2 aliphatic rings. The number of unbranched alkanes of at least 4 members (excludes halogenated alkanes) is 13. The summed E-state index contributed by atoms with van der Waals surface area (Å²) < 4.78 is 35.9. The highest BCUT2D eigenvalue weighted by molar-refractivity contribution is 5.73. The fourth-order valence-corrected chi connectivity index (χ4v) is 6.04. The molecule has 246 valence electrons. The molecule has 0 amide bonds. The Hall–Kier alpha value is -2.77. The number of rotatable bonds is 20. The molecule has 1 fully saturated rings. The molecule has 0 spiro atoms. The van der Waals surface area contributed by atoms with E-state index >= 15 is 0 Å². The molecule has 0 saturated carbocycles. The minimum Gasteiger partial charge on any atom is -0.434 e. The first kappa shape index (κ1) is 35.7. The van der Waals surface area contributed by atoms with Gasteiger partial charge >= 0.3 is 12.2 Å². The topological polar surface area (TPSA) is 118 Å². The van der Waals surface area contributed by atoms with Gasteiger partial charge in [0.15, 0.2) is 18.2 Å². The molecule has 0 aromatic carbocycles. The van der Waals surface area contributed by atoms with E-state index < -0.39 is 17.8 Å². The van der Waals surface area contributed by atoms with Crippen molar-refractivity contribution in [3.8, 4) is 12.3 Å². The number of anilines is 1. The molecule has 9 nitrogen and oxygen atoms in total. The highest BCUT2D eigenvalue weighted by Crippen LogP contribution is 2.41. The van der Waals surface area contributed by atoms with Gasteiger partial charge in [0.25, 0.3) is 0 Å². The number of aliphatic imine (C=N–C) groups is 1. The number of hydrogen-bond donors (Lipinski definition) is 1. The SMILES string of the molecule is C#C[C@]1(COCOC(=O)OCCCCCCCCCCCCCCCC)O[C@@H](C2C=Nc3c(N)nc(F)nc3CC2)C[C@@H]1C. The molecule has 4 atom stereocenters. The second-order valence-corrected chi connectivity index (χ2v) is 12.3. The van der Waals surface area contributed by atoms with Crippen molar-refractivity contribution >= 4 is 23.9 Å². The number of terminal acetylenes is 1. The number of ether oxygens (including phenoxy) is 4. The molecule has 2 aliphatic heterocycles. The van der Waals surface area contributed by atoms with Gasteiger partial charge in [0.2, 0.25) is 0 Å². The van der Waals surface area contributed by atoms with Crippen LogP contribution in [0.2, 0.25) is 0 Å². The van der Waals surface area contributed by atoms with Crippen LogP contribution in [-0.2, 0) is 25.4 Å². The number of aromatic nitrogens is 2. The molecule has 0 bridgehead atoms. The van der Waals surface area contributed by atoms with Gasteiger partial charge < -0.3 is 24.7 Å². The monoisotopic (exact) mass is 616 g/mol. The number of nitrogens with two attached hydrogens (primary N) is 1. The maximum Gasteiger partial charge on any atom is 0.510 e. The molecular formula is C34H53FN4O5. The summed E-state index contributed by atoms with van der Waals surface area (Å²) in [5.74, 6) is 2.71. The number of nitrogens with zero attached hydrogens (tertiary/aromatic N) is 3. The van der Waals surface area contributed by atoms with Gasteiger partial charge in [-0.1, -0.05) is 103 Å². The summed E-state index contributed by atoms with van der Waals surface area (Å²) in [6.45, 7) is 4.40. The summed E-state index contributed by atoms with van der Waals surface area (Å²) in [7, 11) is 0. The average Bonchev–Trinajstić information content (AvgIpc) is 3.18. The number of fused-ring (bicyclic) bond motifs is 1. The van der Waals surface area contributed by atoms with E-state index in [9.17, 15) is 9.18 Å². The lowest BCUT2D eigenvalue weighted by atomic mass is 9.87. The van der Waals surface area contributed by atoms with Crippen molar-refractivity contribution in [3.63, 3.8) is 0 Å². The fraction of sp³-hybridized carbons (Fsp3) is 0.765. The molecule has 1 aromatic rings. The number of carbonyl (C=O) groups excluding carboxylic acids is 1. The summed E-state index contributed by atoms with van der Waals surface area (Å²) in [6, 6.07) is 0. The molecule has 44 heavy (non-hydrogen) atoms. The zero-order chi connectivity index (χ0) is 31.6. The average molecular weight is 617 g/mol. The van der Waals surface area contributed by atoms with E-state index in [1.165, 1.54) is 70.6 Å². The van der Waals surface area contributed by atoms with Crippen molar-refractivity contribution in [1.29, 1.82) is 0 Å². The number of aryl methyl sites for hydroxylation is 1.